The van der Waals surface area contributed by atoms with Crippen molar-refractivity contribution in [2.24, 2.45) is 0 Å². The molecule has 1 aliphatic heterocycles. The zero-order valence-electron chi connectivity index (χ0n) is 17.2. The van der Waals surface area contributed by atoms with Gasteiger partial charge in [0, 0.05) is 23.3 Å². The number of hydrogen-bond donors (Lipinski definition) is 3. The highest BCUT2D eigenvalue weighted by atomic mass is 32.1. The van der Waals surface area contributed by atoms with Crippen LogP contribution in [-0.2, 0) is 6.18 Å². The number of aryl methyl sites for hydroxylation is 1. The Morgan fingerprint density at radius 2 is 1.84 bits per heavy atom. The molecule has 1 aliphatic rings. The van der Waals surface area contributed by atoms with Gasteiger partial charge < -0.3 is 16.0 Å². The van der Waals surface area contributed by atoms with Gasteiger partial charge in [0.25, 0.3) is 0 Å². The summed E-state index contributed by atoms with van der Waals surface area (Å²) in [6.45, 7) is 4.32. The molecule has 4 aromatic heterocycles. The Labute approximate surface area is 185 Å². The number of nitrogens with zero attached hydrogens (tertiary/aromatic N) is 5. The summed E-state index contributed by atoms with van der Waals surface area (Å²) in [5.74, 6) is -0.240. The largest absolute Gasteiger partial charge is 0.419 e. The highest BCUT2D eigenvalue weighted by Gasteiger charge is 2.36. The normalized spacial score (nSPS) is 14.2. The van der Waals surface area contributed by atoms with Gasteiger partial charge in [0.2, 0.25) is 5.95 Å². The quantitative estimate of drug-likeness (QED) is 0.408. The van der Waals surface area contributed by atoms with Gasteiger partial charge in [0.1, 0.15) is 21.9 Å². The molecule has 32 heavy (non-hydrogen) atoms. The fourth-order valence-electron chi connectivity index (χ4n) is 3.33. The van der Waals surface area contributed by atoms with E-state index in [1.54, 1.807) is 12.1 Å². The van der Waals surface area contributed by atoms with Crippen molar-refractivity contribution < 1.29 is 13.2 Å². The summed E-state index contributed by atoms with van der Waals surface area (Å²) in [5, 5.41) is 13.1. The molecule has 0 atom stereocenters. The number of pyridine rings is 1. The van der Waals surface area contributed by atoms with Crippen molar-refractivity contribution in [3.05, 3.63) is 35.1 Å². The van der Waals surface area contributed by atoms with Gasteiger partial charge in [0.05, 0.1) is 5.69 Å². The zero-order valence-corrected chi connectivity index (χ0v) is 18.0. The van der Waals surface area contributed by atoms with Crippen LogP contribution in [-0.4, -0.2) is 43.2 Å². The summed E-state index contributed by atoms with van der Waals surface area (Å²) in [5.41, 5.74) is 5.47. The summed E-state index contributed by atoms with van der Waals surface area (Å²) < 4.78 is 39.9. The highest BCUT2D eigenvalue weighted by molar-refractivity contribution is 7.14. The van der Waals surface area contributed by atoms with Crippen LogP contribution in [0.3, 0.4) is 0 Å². The van der Waals surface area contributed by atoms with Crippen LogP contribution in [0, 0.1) is 6.92 Å². The number of aromatic nitrogens is 6. The fourth-order valence-corrected chi connectivity index (χ4v) is 3.99. The van der Waals surface area contributed by atoms with Gasteiger partial charge >= 0.3 is 6.18 Å². The molecule has 5 heterocycles. The summed E-state index contributed by atoms with van der Waals surface area (Å²) in [7, 11) is 0. The molecule has 0 saturated carbocycles. The number of rotatable bonds is 2. The van der Waals surface area contributed by atoms with E-state index in [4.69, 9.17) is 5.73 Å². The van der Waals surface area contributed by atoms with E-state index in [1.165, 1.54) is 49.9 Å². The first-order valence-electron chi connectivity index (χ1n) is 10.0. The maximum Gasteiger partial charge on any atom is 0.419 e. The maximum absolute atomic E-state index is 13.3. The first-order chi connectivity index (χ1) is 15.3. The lowest BCUT2D eigenvalue weighted by atomic mass is 10.1. The predicted octanol–water partition coefficient (Wildman–Crippen LogP) is 4.21. The van der Waals surface area contributed by atoms with E-state index >= 15 is 0 Å². The van der Waals surface area contributed by atoms with Gasteiger partial charge in [-0.1, -0.05) is 17.8 Å². The van der Waals surface area contributed by atoms with Crippen LogP contribution in [0.25, 0.3) is 33.0 Å². The molecular weight excluding hydrogens is 441 g/mol. The fraction of sp³-hybridized carbons (Fsp3) is 0.350. The molecule has 12 heteroatoms. The van der Waals surface area contributed by atoms with Crippen molar-refractivity contribution >= 4 is 28.3 Å². The number of hydrogen-bond acceptors (Lipinski definition) is 8. The van der Waals surface area contributed by atoms with Gasteiger partial charge in [-0.2, -0.15) is 13.2 Å². The number of nitrogen functional groups attached to an aromatic ring is 1. The van der Waals surface area contributed by atoms with E-state index in [-0.39, 0.29) is 17.2 Å². The van der Waals surface area contributed by atoms with Crippen LogP contribution >= 0.6 is 11.3 Å². The first-order valence-corrected chi connectivity index (χ1v) is 10.8. The molecule has 168 valence electrons. The molecule has 4 N–H and O–H groups in total. The third-order valence-electron chi connectivity index (χ3n) is 4.86. The summed E-state index contributed by atoms with van der Waals surface area (Å²) >= 11 is 1.38. The number of nitrogens with two attached hydrogens (primary N) is 1. The molecule has 0 aromatic carbocycles. The van der Waals surface area contributed by atoms with Gasteiger partial charge in [0.15, 0.2) is 5.01 Å². The number of fused-ring (bicyclic) bond motifs is 1. The van der Waals surface area contributed by atoms with Crippen LogP contribution in [0.5, 0.6) is 0 Å². The Morgan fingerprint density at radius 1 is 1.06 bits per heavy atom. The lowest BCUT2D eigenvalue weighted by molar-refractivity contribution is -0.137. The van der Waals surface area contributed by atoms with Crippen LogP contribution in [0.4, 0.5) is 19.1 Å². The third kappa shape index (κ3) is 4.86. The van der Waals surface area contributed by atoms with Crippen molar-refractivity contribution in [3.63, 3.8) is 0 Å². The number of anilines is 1. The Bertz CT molecular complexity index is 1200. The monoisotopic (exact) mass is 462 g/mol. The minimum atomic E-state index is -4.61. The first kappa shape index (κ1) is 22.1. The summed E-state index contributed by atoms with van der Waals surface area (Å²) in [4.78, 5) is 14.5. The number of alkyl halides is 3. The van der Waals surface area contributed by atoms with Crippen molar-refractivity contribution in [1.29, 1.82) is 0 Å². The molecular formula is C20H21F3N8S. The molecule has 8 nitrogen and oxygen atoms in total. The van der Waals surface area contributed by atoms with Crippen molar-refractivity contribution in [3.8, 4) is 22.0 Å². The van der Waals surface area contributed by atoms with Crippen molar-refractivity contribution in [2.75, 3.05) is 18.8 Å². The van der Waals surface area contributed by atoms with Crippen molar-refractivity contribution in [1.82, 2.24) is 35.5 Å². The van der Waals surface area contributed by atoms with Crippen molar-refractivity contribution in [2.45, 2.75) is 32.4 Å². The van der Waals surface area contributed by atoms with E-state index in [1.807, 2.05) is 6.92 Å². The number of piperidine rings is 1. The molecule has 1 saturated heterocycles. The topological polar surface area (TPSA) is 118 Å². The summed E-state index contributed by atoms with van der Waals surface area (Å²) in [6.07, 6.45) is 1.71. The molecule has 0 amide bonds. The van der Waals surface area contributed by atoms with Crippen LogP contribution in [0.2, 0.25) is 0 Å². The van der Waals surface area contributed by atoms with Gasteiger partial charge in [-0.25, -0.2) is 15.0 Å². The molecule has 0 aliphatic carbocycles. The molecule has 0 unspecified atom stereocenters. The Morgan fingerprint density at radius 3 is 2.44 bits per heavy atom. The average molecular weight is 463 g/mol. The third-order valence-corrected chi connectivity index (χ3v) is 5.72. The molecule has 1 fully saturated rings. The van der Waals surface area contributed by atoms with Gasteiger partial charge in [-0.15, -0.1) is 10.2 Å². The zero-order chi connectivity index (χ0) is 22.7. The SMILES string of the molecule is C1CCNCC1.Cc1nnc(-c2ccc3c(-c4nc(N)ncc4C(F)(F)F)c[nH]c3n2)s1. The van der Waals surface area contributed by atoms with E-state index in [0.717, 1.165) is 5.01 Å². The Hall–Kier alpha value is -3.12. The second kappa shape index (κ2) is 9.17. The van der Waals surface area contributed by atoms with Crippen LogP contribution in [0.15, 0.2) is 24.5 Å². The van der Waals surface area contributed by atoms with Crippen LogP contribution < -0.4 is 11.1 Å². The molecule has 4 aromatic rings. The lowest BCUT2D eigenvalue weighted by Crippen LogP contribution is -2.21. The minimum absolute atomic E-state index is 0.240. The Balaban J connectivity index is 0.000000354. The molecule has 5 rings (SSSR count). The second-order valence-corrected chi connectivity index (χ2v) is 8.40. The number of H-pyrrole nitrogens is 1. The average Bonchev–Trinajstić information content (AvgIpc) is 3.40. The molecule has 0 spiro atoms. The second-order valence-electron chi connectivity index (χ2n) is 7.22. The number of aromatic amines is 1. The lowest BCUT2D eigenvalue weighted by Gasteiger charge is -2.11. The smallest absolute Gasteiger partial charge is 0.368 e. The van der Waals surface area contributed by atoms with E-state index in [0.29, 0.717) is 27.9 Å². The van der Waals surface area contributed by atoms with E-state index < -0.39 is 11.7 Å². The van der Waals surface area contributed by atoms with E-state index in [9.17, 15) is 13.2 Å². The highest BCUT2D eigenvalue weighted by Crippen LogP contribution is 2.38. The minimum Gasteiger partial charge on any atom is -0.368 e. The maximum atomic E-state index is 13.3. The summed E-state index contributed by atoms with van der Waals surface area (Å²) in [6, 6.07) is 3.34. The molecule has 0 bridgehead atoms. The number of halogens is 3. The molecule has 0 radical (unpaired) electrons. The number of nitrogens with one attached hydrogen (secondary N) is 2. The standard InChI is InChI=1S/C15H10F3N7S.C5H11N/c1-6-24-25-13(26-6)10-3-2-7-8(4-20-12(7)22-10)11-9(15(16,17)18)5-21-14(19)23-11;1-2-4-6-5-3-1/h2-5H,1H3,(H,20,22)(H2,19,21,23);6H,1-5H2. The van der Waals surface area contributed by atoms with E-state index in [2.05, 4.69) is 35.5 Å². The predicted molar refractivity (Wildman–Crippen MR) is 117 cm³/mol. The van der Waals surface area contributed by atoms with Crippen LogP contribution in [0.1, 0.15) is 29.8 Å². The van der Waals surface area contributed by atoms with Gasteiger partial charge in [-0.05, 0) is 45.0 Å². The Kier molecular flexibility index (Phi) is 6.33. The van der Waals surface area contributed by atoms with Gasteiger partial charge in [-0.3, -0.25) is 0 Å².